The van der Waals surface area contributed by atoms with E-state index < -0.39 is 0 Å². The Labute approximate surface area is 105 Å². The monoisotopic (exact) mass is 245 g/mol. The van der Waals surface area contributed by atoms with E-state index in [9.17, 15) is 4.79 Å². The van der Waals surface area contributed by atoms with Gasteiger partial charge < -0.3 is 10.2 Å². The first-order valence-corrected chi connectivity index (χ1v) is 5.72. The Morgan fingerprint density at radius 3 is 2.89 bits per heavy atom. The molecule has 5 heteroatoms. The molecule has 0 aliphatic heterocycles. The first-order chi connectivity index (χ1) is 8.70. The molecule has 0 radical (unpaired) electrons. The number of hydrogen-bond donors (Lipinski definition) is 2. The highest BCUT2D eigenvalue weighted by Crippen LogP contribution is 2.13. The van der Waals surface area contributed by atoms with Crippen molar-refractivity contribution in [2.75, 3.05) is 11.9 Å². The van der Waals surface area contributed by atoms with Crippen molar-refractivity contribution in [2.45, 2.75) is 13.3 Å². The van der Waals surface area contributed by atoms with Crippen LogP contribution < -0.4 is 11.1 Å². The van der Waals surface area contributed by atoms with Crippen molar-refractivity contribution in [3.63, 3.8) is 0 Å². The number of hydrogen-bond acceptors (Lipinski definition) is 4. The lowest BCUT2D eigenvalue weighted by Gasteiger charge is -2.07. The van der Waals surface area contributed by atoms with E-state index in [0.29, 0.717) is 18.5 Å². The van der Waals surface area contributed by atoms with Crippen molar-refractivity contribution in [1.29, 1.82) is 0 Å². The first kappa shape index (κ1) is 12.3. The number of nitrogens with two attached hydrogens (primary N) is 1. The normalized spacial score (nSPS) is 10.3. The molecule has 1 aromatic carbocycles. The van der Waals surface area contributed by atoms with Gasteiger partial charge >= 0.3 is 6.01 Å². The van der Waals surface area contributed by atoms with E-state index in [1.165, 1.54) is 6.26 Å². The topological polar surface area (TPSA) is 81.2 Å². The average molecular weight is 245 g/mol. The number of nitrogens with zero attached hydrogens (tertiary/aromatic N) is 1. The molecule has 1 aromatic heterocycles. The van der Waals surface area contributed by atoms with Crippen molar-refractivity contribution < 1.29 is 9.21 Å². The summed E-state index contributed by atoms with van der Waals surface area (Å²) in [4.78, 5) is 16.1. The largest absolute Gasteiger partial charge is 0.432 e. The molecule has 0 atom stereocenters. The van der Waals surface area contributed by atoms with Gasteiger partial charge in [0.15, 0.2) is 0 Å². The van der Waals surface area contributed by atoms with Crippen LogP contribution in [-0.2, 0) is 6.42 Å². The van der Waals surface area contributed by atoms with Crippen molar-refractivity contribution in [2.24, 2.45) is 5.73 Å². The van der Waals surface area contributed by atoms with Gasteiger partial charge in [-0.05, 0) is 31.5 Å². The smallest absolute Gasteiger partial charge is 0.301 e. The summed E-state index contributed by atoms with van der Waals surface area (Å²) in [5.74, 6) is -0.235. The summed E-state index contributed by atoms with van der Waals surface area (Å²) in [5.41, 5.74) is 7.76. The molecule has 3 N–H and O–H groups in total. The Morgan fingerprint density at radius 1 is 1.44 bits per heavy atom. The number of amides is 1. The van der Waals surface area contributed by atoms with Crippen LogP contribution in [0.25, 0.3) is 0 Å². The summed E-state index contributed by atoms with van der Waals surface area (Å²) in [7, 11) is 0. The minimum atomic E-state index is -0.235. The van der Waals surface area contributed by atoms with Gasteiger partial charge in [0, 0.05) is 5.56 Å². The van der Waals surface area contributed by atoms with Crippen LogP contribution in [0, 0.1) is 6.92 Å². The molecule has 0 saturated carbocycles. The van der Waals surface area contributed by atoms with Crippen LogP contribution in [0.1, 0.15) is 21.6 Å². The zero-order chi connectivity index (χ0) is 13.0. The Hall–Kier alpha value is -2.14. The molecule has 1 amide bonds. The van der Waals surface area contributed by atoms with Gasteiger partial charge in [-0.15, -0.1) is 0 Å². The lowest BCUT2D eigenvalue weighted by molar-refractivity contribution is 0.102. The van der Waals surface area contributed by atoms with E-state index in [1.807, 2.05) is 18.2 Å². The van der Waals surface area contributed by atoms with Gasteiger partial charge in [0.1, 0.15) is 6.26 Å². The van der Waals surface area contributed by atoms with E-state index in [2.05, 4.69) is 10.3 Å². The van der Waals surface area contributed by atoms with E-state index in [4.69, 9.17) is 10.2 Å². The van der Waals surface area contributed by atoms with Gasteiger partial charge in [0.05, 0.1) is 5.69 Å². The predicted molar refractivity (Wildman–Crippen MR) is 68.4 cm³/mol. The molecule has 18 heavy (non-hydrogen) atoms. The van der Waals surface area contributed by atoms with Crippen LogP contribution in [0.5, 0.6) is 0 Å². The van der Waals surface area contributed by atoms with E-state index >= 15 is 0 Å². The van der Waals surface area contributed by atoms with Crippen LogP contribution in [0.2, 0.25) is 0 Å². The van der Waals surface area contributed by atoms with Gasteiger partial charge in [-0.3, -0.25) is 10.1 Å². The number of nitrogens with one attached hydrogen (secondary N) is 1. The van der Waals surface area contributed by atoms with Gasteiger partial charge in [-0.25, -0.2) is 0 Å². The molecular formula is C13H15N3O2. The SMILES string of the molecule is Cc1coc(NC(=O)c2ccccc2CCN)n1. The number of aromatic nitrogens is 1. The third kappa shape index (κ3) is 2.75. The van der Waals surface area contributed by atoms with Gasteiger partial charge in [-0.2, -0.15) is 4.98 Å². The Bertz CT molecular complexity index is 549. The predicted octanol–water partition coefficient (Wildman–Crippen LogP) is 1.74. The second-order valence-corrected chi connectivity index (χ2v) is 3.94. The van der Waals surface area contributed by atoms with Crippen molar-refractivity contribution in [3.05, 3.63) is 47.3 Å². The van der Waals surface area contributed by atoms with Crippen molar-refractivity contribution in [3.8, 4) is 0 Å². The standard InChI is InChI=1S/C13H15N3O2/c1-9-8-18-13(15-9)16-12(17)11-5-3-2-4-10(11)6-7-14/h2-5,8H,6-7,14H2,1H3,(H,15,16,17). The molecule has 0 saturated heterocycles. The minimum Gasteiger partial charge on any atom is -0.432 e. The molecule has 0 fully saturated rings. The third-order valence-electron chi connectivity index (χ3n) is 2.52. The maximum Gasteiger partial charge on any atom is 0.301 e. The average Bonchev–Trinajstić information content (AvgIpc) is 2.76. The van der Waals surface area contributed by atoms with Gasteiger partial charge in [0.2, 0.25) is 0 Å². The van der Waals surface area contributed by atoms with Crippen LogP contribution in [0.4, 0.5) is 6.01 Å². The summed E-state index contributed by atoms with van der Waals surface area (Å²) >= 11 is 0. The fourth-order valence-electron chi connectivity index (χ4n) is 1.69. The maximum absolute atomic E-state index is 12.1. The molecule has 2 aromatic rings. The molecule has 0 unspecified atom stereocenters. The molecule has 2 rings (SSSR count). The number of aryl methyl sites for hydroxylation is 1. The lowest BCUT2D eigenvalue weighted by atomic mass is 10.0. The number of benzene rings is 1. The Morgan fingerprint density at radius 2 is 2.22 bits per heavy atom. The highest BCUT2D eigenvalue weighted by molar-refractivity contribution is 6.04. The first-order valence-electron chi connectivity index (χ1n) is 5.72. The quantitative estimate of drug-likeness (QED) is 0.859. The molecule has 0 spiro atoms. The second kappa shape index (κ2) is 5.46. The minimum absolute atomic E-state index is 0.208. The summed E-state index contributed by atoms with van der Waals surface area (Å²) < 4.78 is 5.09. The number of carbonyl (C=O) groups is 1. The van der Waals surface area contributed by atoms with Gasteiger partial charge in [-0.1, -0.05) is 18.2 Å². The maximum atomic E-state index is 12.1. The molecule has 0 aliphatic carbocycles. The Kier molecular flexibility index (Phi) is 3.74. The summed E-state index contributed by atoms with van der Waals surface area (Å²) in [5, 5.41) is 2.62. The van der Waals surface area contributed by atoms with Crippen LogP contribution in [-0.4, -0.2) is 17.4 Å². The van der Waals surface area contributed by atoms with Crippen LogP contribution in [0.15, 0.2) is 34.9 Å². The fraction of sp³-hybridized carbons (Fsp3) is 0.231. The molecule has 94 valence electrons. The van der Waals surface area contributed by atoms with Crippen LogP contribution in [0.3, 0.4) is 0 Å². The van der Waals surface area contributed by atoms with E-state index in [-0.39, 0.29) is 11.9 Å². The zero-order valence-corrected chi connectivity index (χ0v) is 10.1. The van der Waals surface area contributed by atoms with E-state index in [1.54, 1.807) is 13.0 Å². The molecule has 1 heterocycles. The highest BCUT2D eigenvalue weighted by atomic mass is 16.4. The number of carbonyl (C=O) groups excluding carboxylic acids is 1. The Balaban J connectivity index is 2.18. The number of oxazole rings is 1. The third-order valence-corrected chi connectivity index (χ3v) is 2.52. The molecule has 5 nitrogen and oxygen atoms in total. The molecule has 0 bridgehead atoms. The lowest BCUT2D eigenvalue weighted by Crippen LogP contribution is -2.16. The van der Waals surface area contributed by atoms with E-state index in [0.717, 1.165) is 11.3 Å². The number of rotatable bonds is 4. The fourth-order valence-corrected chi connectivity index (χ4v) is 1.69. The summed E-state index contributed by atoms with van der Waals surface area (Å²) in [6, 6.07) is 7.56. The second-order valence-electron chi connectivity index (χ2n) is 3.94. The summed E-state index contributed by atoms with van der Waals surface area (Å²) in [6.07, 6.45) is 2.15. The van der Waals surface area contributed by atoms with Crippen molar-refractivity contribution in [1.82, 2.24) is 4.98 Å². The molecular weight excluding hydrogens is 230 g/mol. The molecule has 0 aliphatic rings. The summed E-state index contributed by atoms with van der Waals surface area (Å²) in [6.45, 7) is 2.30. The number of anilines is 1. The van der Waals surface area contributed by atoms with Crippen LogP contribution >= 0.6 is 0 Å². The van der Waals surface area contributed by atoms with Gasteiger partial charge in [0.25, 0.3) is 5.91 Å². The highest BCUT2D eigenvalue weighted by Gasteiger charge is 2.12. The van der Waals surface area contributed by atoms with Crippen molar-refractivity contribution >= 4 is 11.9 Å². The zero-order valence-electron chi connectivity index (χ0n) is 10.1.